The molecule has 4 aliphatic rings. The van der Waals surface area contributed by atoms with Crippen molar-refractivity contribution < 1.29 is 44.3 Å². The van der Waals surface area contributed by atoms with E-state index in [0.29, 0.717) is 23.3 Å². The van der Waals surface area contributed by atoms with Crippen molar-refractivity contribution in [1.82, 2.24) is 10.2 Å². The first-order valence-corrected chi connectivity index (χ1v) is 13.7. The Morgan fingerprint density at radius 3 is 2.16 bits per heavy atom. The number of carbonyl (C=O) groups is 2. The highest BCUT2D eigenvalue weighted by Crippen LogP contribution is 2.59. The molecular formula is C24H23F6N3O4S. The van der Waals surface area contributed by atoms with E-state index in [1.165, 1.54) is 6.07 Å². The number of hydrogen-bond acceptors (Lipinski definition) is 5. The van der Waals surface area contributed by atoms with Crippen LogP contribution in [0.3, 0.4) is 0 Å². The van der Waals surface area contributed by atoms with Crippen LogP contribution in [0.1, 0.15) is 62.0 Å². The number of alkyl halides is 6. The molecule has 0 radical (unpaired) electrons. The van der Waals surface area contributed by atoms with Crippen LogP contribution in [0.5, 0.6) is 0 Å². The maximum atomic E-state index is 13.9. The van der Waals surface area contributed by atoms with E-state index in [9.17, 15) is 49.6 Å². The molecule has 1 saturated heterocycles. The third kappa shape index (κ3) is 4.42. The number of carbonyl (C=O) groups excluding carboxylic acids is 2. The molecule has 7 nitrogen and oxygen atoms in total. The van der Waals surface area contributed by atoms with E-state index in [1.807, 2.05) is 6.07 Å². The van der Waals surface area contributed by atoms with Gasteiger partial charge in [-0.25, -0.2) is 8.42 Å². The number of nitriles is 1. The summed E-state index contributed by atoms with van der Waals surface area (Å²) in [6.07, 6.45) is -9.88. The van der Waals surface area contributed by atoms with Crippen molar-refractivity contribution in [3.8, 4) is 6.07 Å². The SMILES string of the molecule is N#CC1(NC(=O)[C@@H]2C[C@@H](S(=O)(=O)c3ccc(C4CC4)cc3C(F)(F)F)CN2C(=O)C2(C(F)(F)F)CC2)CC1. The molecule has 0 spiro atoms. The Balaban J connectivity index is 1.50. The van der Waals surface area contributed by atoms with Crippen molar-refractivity contribution in [2.24, 2.45) is 5.41 Å². The number of halogens is 6. The zero-order valence-electron chi connectivity index (χ0n) is 19.8. The van der Waals surface area contributed by atoms with Crippen LogP contribution in [0.15, 0.2) is 23.1 Å². The molecular weight excluding hydrogens is 540 g/mol. The maximum Gasteiger partial charge on any atom is 0.417 e. The Morgan fingerprint density at radius 2 is 1.68 bits per heavy atom. The van der Waals surface area contributed by atoms with Gasteiger partial charge in [0.2, 0.25) is 11.8 Å². The Bertz CT molecular complexity index is 1340. The fraction of sp³-hybridized carbons (Fsp3) is 0.625. The zero-order valence-corrected chi connectivity index (χ0v) is 20.6. The van der Waals surface area contributed by atoms with Gasteiger partial charge in [0.25, 0.3) is 0 Å². The molecule has 0 bridgehead atoms. The molecule has 1 heterocycles. The lowest BCUT2D eigenvalue weighted by molar-refractivity contribution is -0.199. The van der Waals surface area contributed by atoms with Gasteiger partial charge < -0.3 is 10.2 Å². The van der Waals surface area contributed by atoms with Gasteiger partial charge in [0, 0.05) is 6.54 Å². The third-order valence-electron chi connectivity index (χ3n) is 7.96. The normalized spacial score (nSPS) is 26.0. The molecule has 2 atom stereocenters. The summed E-state index contributed by atoms with van der Waals surface area (Å²) in [5.74, 6) is -2.59. The second-order valence-electron chi connectivity index (χ2n) is 10.7. The number of rotatable bonds is 6. The summed E-state index contributed by atoms with van der Waals surface area (Å²) >= 11 is 0. The van der Waals surface area contributed by atoms with Crippen LogP contribution in [0.4, 0.5) is 26.3 Å². The number of hydrogen-bond donors (Lipinski definition) is 1. The Kier molecular flexibility index (Phi) is 5.87. The molecule has 0 aromatic heterocycles. The largest absolute Gasteiger partial charge is 0.417 e. The summed E-state index contributed by atoms with van der Waals surface area (Å²) in [4.78, 5) is 25.6. The first kappa shape index (κ1) is 26.8. The fourth-order valence-corrected chi connectivity index (χ4v) is 6.98. The zero-order chi connectivity index (χ0) is 27.9. The molecule has 3 saturated carbocycles. The second-order valence-corrected chi connectivity index (χ2v) is 12.9. The molecule has 38 heavy (non-hydrogen) atoms. The van der Waals surface area contributed by atoms with E-state index >= 15 is 0 Å². The number of nitrogens with one attached hydrogen (secondary N) is 1. The van der Waals surface area contributed by atoms with E-state index in [4.69, 9.17) is 0 Å². The van der Waals surface area contributed by atoms with E-state index < -0.39 is 92.5 Å². The molecule has 4 fully saturated rings. The first-order chi connectivity index (χ1) is 17.5. The predicted molar refractivity (Wildman–Crippen MR) is 118 cm³/mol. The molecule has 2 amide bonds. The predicted octanol–water partition coefficient (Wildman–Crippen LogP) is 3.84. The molecule has 1 aromatic carbocycles. The van der Waals surface area contributed by atoms with E-state index in [-0.39, 0.29) is 18.8 Å². The minimum Gasteiger partial charge on any atom is -0.336 e. The van der Waals surface area contributed by atoms with Gasteiger partial charge >= 0.3 is 12.4 Å². The standard InChI is InChI=1S/C24H23F6N3O4S/c25-23(26,27)16-9-14(13-1-2-13)3-4-18(16)38(36,37)15-10-17(19(34)32-21(12-31)5-6-21)33(11-15)20(35)22(7-8-22)24(28,29)30/h3-4,9,13,15,17H,1-2,5-8,10-11H2,(H,32,34)/t15-,17+/m1/s1. The van der Waals surface area contributed by atoms with Gasteiger partial charge in [-0.15, -0.1) is 0 Å². The summed E-state index contributed by atoms with van der Waals surface area (Å²) in [6.45, 7) is -0.877. The molecule has 0 unspecified atom stereocenters. The molecule has 206 valence electrons. The summed E-state index contributed by atoms with van der Waals surface area (Å²) in [5.41, 5.74) is -5.07. The number of likely N-dealkylation sites (tertiary alicyclic amines) is 1. The molecule has 1 N–H and O–H groups in total. The highest BCUT2D eigenvalue weighted by molar-refractivity contribution is 7.92. The minimum absolute atomic E-state index is 0.104. The topological polar surface area (TPSA) is 107 Å². The van der Waals surface area contributed by atoms with E-state index in [0.717, 1.165) is 12.1 Å². The lowest BCUT2D eigenvalue weighted by Gasteiger charge is -2.29. The fourth-order valence-electron chi connectivity index (χ4n) is 5.09. The number of nitrogens with zero attached hydrogens (tertiary/aromatic N) is 2. The number of amides is 2. The van der Waals surface area contributed by atoms with Gasteiger partial charge in [-0.1, -0.05) is 6.07 Å². The van der Waals surface area contributed by atoms with Gasteiger partial charge in [-0.2, -0.15) is 31.6 Å². The highest BCUT2D eigenvalue weighted by atomic mass is 32.2. The van der Waals surface area contributed by atoms with Crippen LogP contribution in [0.2, 0.25) is 0 Å². The summed E-state index contributed by atoms with van der Waals surface area (Å²) < 4.78 is 110. The van der Waals surface area contributed by atoms with Crippen molar-refractivity contribution in [3.63, 3.8) is 0 Å². The van der Waals surface area contributed by atoms with Crippen LogP contribution in [-0.2, 0) is 25.6 Å². The highest BCUT2D eigenvalue weighted by Gasteiger charge is 2.70. The lowest BCUT2D eigenvalue weighted by Crippen LogP contribution is -2.53. The average molecular weight is 564 g/mol. The number of sulfone groups is 1. The second kappa shape index (κ2) is 8.34. The summed E-state index contributed by atoms with van der Waals surface area (Å²) in [7, 11) is -4.84. The van der Waals surface area contributed by atoms with E-state index in [1.54, 1.807) is 0 Å². The Labute approximate surface area is 214 Å². The van der Waals surface area contributed by atoms with Crippen molar-refractivity contribution in [3.05, 3.63) is 29.3 Å². The summed E-state index contributed by atoms with van der Waals surface area (Å²) in [6, 6.07) is 3.09. The quantitative estimate of drug-likeness (QED) is 0.530. The molecule has 5 rings (SSSR count). The van der Waals surface area contributed by atoms with Crippen LogP contribution in [-0.4, -0.2) is 54.7 Å². The van der Waals surface area contributed by atoms with Gasteiger partial charge in [0.1, 0.15) is 17.0 Å². The van der Waals surface area contributed by atoms with Crippen molar-refractivity contribution in [2.75, 3.05) is 6.54 Å². The monoisotopic (exact) mass is 563 g/mol. The molecule has 1 aliphatic heterocycles. The van der Waals surface area contributed by atoms with Crippen LogP contribution >= 0.6 is 0 Å². The third-order valence-corrected chi connectivity index (χ3v) is 10.1. The molecule has 14 heteroatoms. The average Bonchev–Trinajstić information content (AvgIpc) is 3.69. The van der Waals surface area contributed by atoms with Gasteiger partial charge in [0.15, 0.2) is 9.84 Å². The smallest absolute Gasteiger partial charge is 0.336 e. The number of benzene rings is 1. The Morgan fingerprint density at radius 1 is 1.05 bits per heavy atom. The Hall–Kier alpha value is -2.82. The van der Waals surface area contributed by atoms with Crippen LogP contribution in [0.25, 0.3) is 0 Å². The van der Waals surface area contributed by atoms with Crippen molar-refractivity contribution in [1.29, 1.82) is 5.26 Å². The van der Waals surface area contributed by atoms with Crippen LogP contribution in [0, 0.1) is 16.7 Å². The summed E-state index contributed by atoms with van der Waals surface area (Å²) in [5, 5.41) is 9.90. The molecule has 1 aromatic rings. The van der Waals surface area contributed by atoms with Crippen molar-refractivity contribution >= 4 is 21.7 Å². The van der Waals surface area contributed by atoms with Gasteiger partial charge in [-0.3, -0.25) is 9.59 Å². The van der Waals surface area contributed by atoms with Crippen LogP contribution < -0.4 is 5.32 Å². The lowest BCUT2D eigenvalue weighted by atomic mass is 10.0. The van der Waals surface area contributed by atoms with Crippen molar-refractivity contribution in [2.45, 2.75) is 84.9 Å². The minimum atomic E-state index is -5.03. The first-order valence-electron chi connectivity index (χ1n) is 12.1. The van der Waals surface area contributed by atoms with E-state index in [2.05, 4.69) is 5.32 Å². The molecule has 3 aliphatic carbocycles. The maximum absolute atomic E-state index is 13.9. The van der Waals surface area contributed by atoms with Gasteiger partial charge in [0.05, 0.1) is 21.8 Å². The van der Waals surface area contributed by atoms with Gasteiger partial charge in [-0.05, 0) is 68.6 Å².